The van der Waals surface area contributed by atoms with Crippen molar-refractivity contribution in [2.24, 2.45) is 32.9 Å². The number of rotatable bonds is 21. The number of carboxylic acids is 1. The van der Waals surface area contributed by atoms with Crippen molar-refractivity contribution in [2.75, 3.05) is 111 Å². The number of carbonyl (C=O) groups is 4. The Morgan fingerprint density at radius 3 is 1.30 bits per heavy atom. The number of aliphatic imine (C=N–C) groups is 2. The molecule has 13 aromatic rings. The highest BCUT2D eigenvalue weighted by atomic mass is 35.5. The van der Waals surface area contributed by atoms with Crippen LogP contribution in [0.4, 0.5) is 40.3 Å². The van der Waals surface area contributed by atoms with Gasteiger partial charge < -0.3 is 103 Å². The maximum absolute atomic E-state index is 12.6. The fraction of sp³-hybridized carbons (Fsp3) is 0.214. The predicted octanol–water partition coefficient (Wildman–Crippen LogP) is 10.9. The second-order valence-corrected chi connectivity index (χ2v) is 39.5. The summed E-state index contributed by atoms with van der Waals surface area (Å²) >= 11 is 37.8. The molecule has 2 aromatic heterocycles. The van der Waals surface area contributed by atoms with Gasteiger partial charge in [0.25, 0.3) is 39.7 Å². The van der Waals surface area contributed by atoms with E-state index in [0.29, 0.717) is 82.6 Å². The molecule has 0 aliphatic carbocycles. The van der Waals surface area contributed by atoms with Gasteiger partial charge in [-0.1, -0.05) is 136 Å². The molecular weight excluding hydrogens is 2070 g/mol. The van der Waals surface area contributed by atoms with Crippen molar-refractivity contribution >= 4 is 207 Å². The van der Waals surface area contributed by atoms with Crippen LogP contribution in [0.1, 0.15) is 76.3 Å². The minimum Gasteiger partial charge on any atom is -0.478 e. The van der Waals surface area contributed by atoms with Gasteiger partial charge in [-0.05, 0) is 211 Å². The number of aliphatic hydroxyl groups is 5. The summed E-state index contributed by atoms with van der Waals surface area (Å²) in [7, 11) is -7.85. The molecule has 146 heavy (non-hydrogen) atoms. The number of fused-ring (bicyclic) bond motifs is 4. The van der Waals surface area contributed by atoms with Crippen LogP contribution in [-0.4, -0.2) is 253 Å². The zero-order valence-electron chi connectivity index (χ0n) is 77.2. The van der Waals surface area contributed by atoms with E-state index in [2.05, 4.69) is 77.2 Å². The van der Waals surface area contributed by atoms with Crippen LogP contribution in [0.25, 0.3) is 44.3 Å². The fourth-order valence-corrected chi connectivity index (χ4v) is 19.2. The molecule has 6 heterocycles. The van der Waals surface area contributed by atoms with Gasteiger partial charge in [0.15, 0.2) is 18.0 Å². The summed E-state index contributed by atoms with van der Waals surface area (Å²) in [4.78, 5) is 122. The van der Waals surface area contributed by atoms with Crippen LogP contribution in [-0.2, 0) is 52.8 Å². The van der Waals surface area contributed by atoms with Gasteiger partial charge in [0, 0.05) is 182 Å². The molecule has 17 rings (SSSR count). The summed E-state index contributed by atoms with van der Waals surface area (Å²) in [5.74, 6) is -2.42. The van der Waals surface area contributed by atoms with Gasteiger partial charge in [0.1, 0.15) is 18.3 Å². The number of carbonyl (C=O) groups excluding carboxylic acids is 5. The Hall–Kier alpha value is -13.6. The molecule has 19 N–H and O–H groups in total. The predicted molar refractivity (Wildman–Crippen MR) is 556 cm³/mol. The van der Waals surface area contributed by atoms with Crippen LogP contribution in [0.5, 0.6) is 0 Å². The minimum atomic E-state index is -4.43. The van der Waals surface area contributed by atoms with Gasteiger partial charge in [0.2, 0.25) is 0 Å². The normalized spacial score (nSPS) is 15.3. The smallest absolute Gasteiger partial charge is 0.425 e. The van der Waals surface area contributed by atoms with Crippen LogP contribution < -0.4 is 53.6 Å². The van der Waals surface area contributed by atoms with Gasteiger partial charge in [-0.3, -0.25) is 23.5 Å². The quantitative estimate of drug-likeness (QED) is 0.0137. The molecule has 11 aromatic carbocycles. The van der Waals surface area contributed by atoms with E-state index in [1.54, 1.807) is 78.9 Å². The molecule has 48 heteroatoms. The maximum Gasteiger partial charge on any atom is 0.425 e. The van der Waals surface area contributed by atoms with E-state index in [1.807, 2.05) is 105 Å². The lowest BCUT2D eigenvalue weighted by molar-refractivity contribution is -0.191. The standard InChI is InChI=1S/C26H24ClN7O2.C25H30ClN7O6.C23H21Cl2N2O4P.C23H20Cl2N2O4S.CO2.O3S/c27-18-6-9-22-21(15-18)23(31-26(30-22)32-25(28)29)16-4-7-19(8-5-16)33-10-12-34(13-11-33)20-3-1-2-17(14-20)24(35)36;26-14-3-6-17-16(11-14)19(30-25(29-17)31-24(27)28)13-1-4-15(5-2-13)32-7-9-33(10-8-32)23(39)22(38)21(37)20(36)18(35)12-34;2*1-27-12-20(19-10-16(24)11-22(25)21(19)13-27)14-5-7-17(8-6-14)26-23(28)15-3-2-4-18(9-15)32(29,30)31;2-1-3;1-4(2)3/h1-9,14-15H,10-13H2,(H,35,36)(H4,28,29,30,31,32);1-6,11,18,20-22,34-38H,7-10,12H2,(H4,27,28,29,30,31);2-11,20H,12-13H2,1H3,(H,26,28)(H2,29,30,31);2-11,20H,12-13H2,1H3,(H,26,28)(H,29,30,31);;/t;18-,20-,21+,22-;;;;/m.0..../s1. The molecule has 6 atom stereocenters. The number of aromatic nitrogens is 4. The number of anilines is 5. The SMILES string of the molecule is CN1Cc2c(Cl)cc(Cl)cc2C(c2ccc(NC(=O)c3cccc(P(=O)(O)O)c3)cc2)C1.CN1Cc2c(Cl)cc(Cl)cc2C(c2ccc(NC(=O)c3cccc(S(=O)(=O)O)c3)cc2)C1.NC(N)=Nc1nc(-c2ccc(N3CCN(C(=O)[C@@H](O)[C@H](O)[C@@H](O)[C@@H](O)CO)CC3)cc2)c2cc(Cl)ccc2n1.NC(N)=Nc1nc(-c2ccc(N3CCN(c4cccc(C(=O)O)c4)CC3)cc2)c2cc(Cl)ccc2n1.O=C=O.O=S(=O)=O. The van der Waals surface area contributed by atoms with Gasteiger partial charge in [-0.2, -0.15) is 28.0 Å². The number of nitrogens with one attached hydrogen (secondary N) is 2. The molecule has 0 saturated carbocycles. The highest BCUT2D eigenvalue weighted by molar-refractivity contribution is 7.85. The van der Waals surface area contributed by atoms with Gasteiger partial charge in [-0.15, -0.1) is 12.6 Å². The monoisotopic (exact) mass is 2160 g/mol. The summed E-state index contributed by atoms with van der Waals surface area (Å²) in [5, 5.41) is 68.1. The number of aromatic carboxylic acids is 1. The third kappa shape index (κ3) is 29.4. The minimum absolute atomic E-state index is 0.0798. The zero-order valence-corrected chi connectivity index (χ0v) is 84.3. The molecule has 0 bridgehead atoms. The Morgan fingerprint density at radius 1 is 0.500 bits per heavy atom. The van der Waals surface area contributed by atoms with E-state index >= 15 is 0 Å². The molecule has 39 nitrogen and oxygen atoms in total. The van der Waals surface area contributed by atoms with Gasteiger partial charge >= 0.3 is 30.3 Å². The molecule has 3 amide bonds. The topological polar surface area (TPSA) is 611 Å². The lowest BCUT2D eigenvalue weighted by Crippen LogP contribution is -2.56. The van der Waals surface area contributed by atoms with Crippen LogP contribution in [0.3, 0.4) is 0 Å². The number of piperazine rings is 2. The van der Waals surface area contributed by atoms with Crippen LogP contribution in [0, 0.1) is 0 Å². The van der Waals surface area contributed by atoms with Crippen molar-refractivity contribution < 1.29 is 99.4 Å². The molecule has 0 spiro atoms. The lowest BCUT2D eigenvalue weighted by Gasteiger charge is -2.38. The lowest BCUT2D eigenvalue weighted by atomic mass is 9.84. The number of hydrogen-bond acceptors (Lipinski definition) is 28. The summed E-state index contributed by atoms with van der Waals surface area (Å²) < 4.78 is 68.6. The van der Waals surface area contributed by atoms with E-state index in [4.69, 9.17) is 120 Å². The summed E-state index contributed by atoms with van der Waals surface area (Å²) in [6.07, 6.45) is -7.18. The number of amides is 3. The number of nitrogens with zero attached hydrogens (tertiary/aromatic N) is 12. The Bertz CT molecular complexity index is 7380. The van der Waals surface area contributed by atoms with Gasteiger partial charge in [0.05, 0.1) is 44.8 Å². The molecule has 2 unspecified atom stereocenters. The maximum atomic E-state index is 12.6. The van der Waals surface area contributed by atoms with Crippen LogP contribution in [0.15, 0.2) is 245 Å². The third-order valence-corrected chi connectivity index (χ3v) is 26.9. The number of likely N-dealkylation sites (N-methyl/N-ethyl adjacent to an activating group) is 2. The Labute approximate surface area is 866 Å². The molecule has 0 radical (unpaired) electrons. The first-order valence-corrected chi connectivity index (χ1v) is 50.4. The Balaban J connectivity index is 0.000000170. The number of benzene rings is 11. The van der Waals surface area contributed by atoms with E-state index < -0.39 is 83.0 Å². The number of guanidine groups is 2. The number of hydrogen-bond donors (Lipinski definition) is 15. The van der Waals surface area contributed by atoms with Crippen LogP contribution >= 0.6 is 77.2 Å². The van der Waals surface area contributed by atoms with E-state index in [0.717, 1.165) is 131 Å². The summed E-state index contributed by atoms with van der Waals surface area (Å²) in [6, 6.07) is 66.6. The molecular formula is C98H95Cl6N18O21PS2. The van der Waals surface area contributed by atoms with Crippen molar-refractivity contribution in [2.45, 2.75) is 54.2 Å². The zero-order chi connectivity index (χ0) is 106. The largest absolute Gasteiger partial charge is 0.478 e. The fourth-order valence-electron chi connectivity index (χ4n) is 16.6. The van der Waals surface area contributed by atoms with E-state index in [-0.39, 0.29) is 76.2 Å². The van der Waals surface area contributed by atoms with Crippen molar-refractivity contribution in [3.05, 3.63) is 311 Å². The molecule has 2 fully saturated rings. The van der Waals surface area contributed by atoms with Crippen molar-refractivity contribution in [3.63, 3.8) is 0 Å². The van der Waals surface area contributed by atoms with Crippen molar-refractivity contribution in [1.82, 2.24) is 34.6 Å². The van der Waals surface area contributed by atoms with Gasteiger partial charge in [-0.25, -0.2) is 24.7 Å². The van der Waals surface area contributed by atoms with E-state index in [1.165, 1.54) is 47.4 Å². The van der Waals surface area contributed by atoms with Crippen LogP contribution in [0.2, 0.25) is 30.1 Å². The second-order valence-electron chi connectivity index (χ2n) is 33.5. The van der Waals surface area contributed by atoms with Crippen molar-refractivity contribution in [3.8, 4) is 22.5 Å². The average molecular weight is 2170 g/mol. The number of carboxylic acid groups (broad SMARTS) is 1. The molecule has 762 valence electrons. The first-order chi connectivity index (χ1) is 69.3. The average Bonchev–Trinajstić information content (AvgIpc) is 0.788. The second kappa shape index (κ2) is 50.0. The first kappa shape index (κ1) is 111. The summed E-state index contributed by atoms with van der Waals surface area (Å²) in [5.41, 5.74) is 37.5. The molecule has 4 aliphatic heterocycles. The third-order valence-electron chi connectivity index (χ3n) is 23.6. The molecule has 2 saturated heterocycles. The number of halogens is 6. The Morgan fingerprint density at radius 2 is 0.897 bits per heavy atom. The Kier molecular flexibility index (Phi) is 38.1. The van der Waals surface area contributed by atoms with Crippen molar-refractivity contribution in [1.29, 1.82) is 0 Å². The molecule has 4 aliphatic rings. The first-order valence-electron chi connectivity index (χ1n) is 44.0. The number of nitrogens with two attached hydrogens (primary N) is 4. The highest BCUT2D eigenvalue weighted by Crippen LogP contribution is 2.43. The summed E-state index contributed by atoms with van der Waals surface area (Å²) in [6.45, 7) is 6.95. The number of aliphatic hydroxyl groups excluding tert-OH is 5. The van der Waals surface area contributed by atoms with E-state index in [9.17, 15) is 72.0 Å². The highest BCUT2D eigenvalue weighted by Gasteiger charge is 2.38.